The molecule has 0 bridgehead atoms. The third kappa shape index (κ3) is 3.58. The van der Waals surface area contributed by atoms with Crippen LogP contribution in [0.1, 0.15) is 39.0 Å². The molecule has 0 spiro atoms. The Hall–Kier alpha value is -0.0900. The molecule has 0 amide bonds. The zero-order valence-electron chi connectivity index (χ0n) is 9.20. The van der Waals surface area contributed by atoms with Gasteiger partial charge in [0.15, 0.2) is 0 Å². The number of hydrogen-bond donors (Lipinski definition) is 0. The molecule has 3 nitrogen and oxygen atoms in total. The molecule has 4 heteroatoms. The standard InChI is InChI=1S/C10H21NO2S/c1-3-5-10-6-4-8-11(9-7-10)14(2,12)13/h10H,3-9H2,1-2H3. The fourth-order valence-electron chi connectivity index (χ4n) is 2.17. The van der Waals surface area contributed by atoms with E-state index in [0.717, 1.165) is 31.8 Å². The molecule has 1 aliphatic heterocycles. The van der Waals surface area contributed by atoms with E-state index in [0.29, 0.717) is 0 Å². The molecule has 84 valence electrons. The van der Waals surface area contributed by atoms with E-state index < -0.39 is 10.0 Å². The van der Waals surface area contributed by atoms with Crippen molar-refractivity contribution in [3.8, 4) is 0 Å². The van der Waals surface area contributed by atoms with Gasteiger partial charge in [-0.1, -0.05) is 19.8 Å². The summed E-state index contributed by atoms with van der Waals surface area (Å²) in [5.41, 5.74) is 0. The smallest absolute Gasteiger partial charge is 0.211 e. The molecule has 1 atom stereocenters. The number of nitrogens with zero attached hydrogens (tertiary/aromatic N) is 1. The van der Waals surface area contributed by atoms with Crippen LogP contribution >= 0.6 is 0 Å². The lowest BCUT2D eigenvalue weighted by atomic mass is 9.96. The van der Waals surface area contributed by atoms with Crippen LogP contribution in [0.2, 0.25) is 0 Å². The van der Waals surface area contributed by atoms with Crippen LogP contribution in [-0.4, -0.2) is 32.1 Å². The SMILES string of the molecule is CCCC1CCCN(S(C)(=O)=O)CC1. The molecule has 0 aliphatic carbocycles. The Morgan fingerprint density at radius 3 is 2.57 bits per heavy atom. The van der Waals surface area contributed by atoms with Gasteiger partial charge in [-0.3, -0.25) is 0 Å². The second-order valence-electron chi connectivity index (χ2n) is 4.25. The van der Waals surface area contributed by atoms with Crippen LogP contribution in [0.5, 0.6) is 0 Å². The van der Waals surface area contributed by atoms with Gasteiger partial charge in [0.2, 0.25) is 10.0 Å². The average Bonchev–Trinajstić information content (AvgIpc) is 2.29. The highest BCUT2D eigenvalue weighted by Crippen LogP contribution is 2.22. The van der Waals surface area contributed by atoms with Gasteiger partial charge in [-0.25, -0.2) is 12.7 Å². The van der Waals surface area contributed by atoms with E-state index in [1.165, 1.54) is 25.5 Å². The highest BCUT2D eigenvalue weighted by molar-refractivity contribution is 7.88. The molecule has 1 unspecified atom stereocenters. The summed E-state index contributed by atoms with van der Waals surface area (Å²) in [6, 6.07) is 0. The Morgan fingerprint density at radius 1 is 1.29 bits per heavy atom. The quantitative estimate of drug-likeness (QED) is 0.726. The molecule has 1 rings (SSSR count). The molecule has 0 N–H and O–H groups in total. The van der Waals surface area contributed by atoms with Crippen molar-refractivity contribution in [2.24, 2.45) is 5.92 Å². The molecule has 0 aromatic carbocycles. The van der Waals surface area contributed by atoms with Crippen LogP contribution < -0.4 is 0 Å². The van der Waals surface area contributed by atoms with Crippen molar-refractivity contribution in [2.75, 3.05) is 19.3 Å². The average molecular weight is 219 g/mol. The van der Waals surface area contributed by atoms with Crippen molar-refractivity contribution in [3.63, 3.8) is 0 Å². The summed E-state index contributed by atoms with van der Waals surface area (Å²) in [5, 5.41) is 0. The lowest BCUT2D eigenvalue weighted by Gasteiger charge is -2.17. The first-order valence-corrected chi connectivity index (χ1v) is 7.34. The van der Waals surface area contributed by atoms with Gasteiger partial charge in [-0.15, -0.1) is 0 Å². The van der Waals surface area contributed by atoms with Gasteiger partial charge in [-0.2, -0.15) is 0 Å². The van der Waals surface area contributed by atoms with Gasteiger partial charge in [-0.05, 0) is 25.2 Å². The first-order chi connectivity index (χ1) is 6.54. The molecule has 0 saturated carbocycles. The maximum atomic E-state index is 11.3. The van der Waals surface area contributed by atoms with E-state index in [1.54, 1.807) is 4.31 Å². The van der Waals surface area contributed by atoms with Crippen molar-refractivity contribution in [3.05, 3.63) is 0 Å². The van der Waals surface area contributed by atoms with Crippen LogP contribution in [0.15, 0.2) is 0 Å². The molecule has 0 aromatic heterocycles. The zero-order chi connectivity index (χ0) is 10.6. The van der Waals surface area contributed by atoms with E-state index in [1.807, 2.05) is 0 Å². The van der Waals surface area contributed by atoms with Crippen LogP contribution in [-0.2, 0) is 10.0 Å². The Balaban J connectivity index is 2.49. The zero-order valence-corrected chi connectivity index (χ0v) is 10.0. The Labute approximate surface area is 87.5 Å². The molecule has 0 aromatic rings. The van der Waals surface area contributed by atoms with Crippen molar-refractivity contribution < 1.29 is 8.42 Å². The Kier molecular flexibility index (Phi) is 4.38. The number of sulfonamides is 1. The topological polar surface area (TPSA) is 37.4 Å². The summed E-state index contributed by atoms with van der Waals surface area (Å²) in [6.07, 6.45) is 7.03. The number of hydrogen-bond acceptors (Lipinski definition) is 2. The molecule has 14 heavy (non-hydrogen) atoms. The molecular weight excluding hydrogens is 198 g/mol. The van der Waals surface area contributed by atoms with E-state index in [9.17, 15) is 8.42 Å². The largest absolute Gasteiger partial charge is 0.213 e. The van der Waals surface area contributed by atoms with Crippen LogP contribution in [0.3, 0.4) is 0 Å². The van der Waals surface area contributed by atoms with E-state index in [-0.39, 0.29) is 0 Å². The fourth-order valence-corrected chi connectivity index (χ4v) is 3.07. The summed E-state index contributed by atoms with van der Waals surface area (Å²) < 4.78 is 24.3. The minimum atomic E-state index is -2.95. The normalized spacial score (nSPS) is 26.0. The second kappa shape index (κ2) is 5.12. The predicted molar refractivity (Wildman–Crippen MR) is 58.7 cm³/mol. The first-order valence-electron chi connectivity index (χ1n) is 5.49. The van der Waals surface area contributed by atoms with E-state index >= 15 is 0 Å². The maximum absolute atomic E-state index is 11.3. The summed E-state index contributed by atoms with van der Waals surface area (Å²) in [4.78, 5) is 0. The Bertz CT molecular complexity index is 261. The first kappa shape index (κ1) is 12.0. The lowest BCUT2D eigenvalue weighted by molar-refractivity contribution is 0.402. The van der Waals surface area contributed by atoms with Gasteiger partial charge in [0.1, 0.15) is 0 Å². The predicted octanol–water partition coefficient (Wildman–Crippen LogP) is 1.85. The van der Waals surface area contributed by atoms with Crippen LogP contribution in [0.4, 0.5) is 0 Å². The van der Waals surface area contributed by atoms with Gasteiger partial charge in [0.05, 0.1) is 6.26 Å². The molecule has 1 aliphatic rings. The van der Waals surface area contributed by atoms with E-state index in [2.05, 4.69) is 6.92 Å². The summed E-state index contributed by atoms with van der Waals surface area (Å²) in [6.45, 7) is 3.64. The third-order valence-electron chi connectivity index (χ3n) is 2.97. The van der Waals surface area contributed by atoms with Crippen LogP contribution in [0.25, 0.3) is 0 Å². The fraction of sp³-hybridized carbons (Fsp3) is 1.00. The van der Waals surface area contributed by atoms with Crippen molar-refractivity contribution in [1.29, 1.82) is 0 Å². The molecule has 1 saturated heterocycles. The van der Waals surface area contributed by atoms with E-state index in [4.69, 9.17) is 0 Å². The second-order valence-corrected chi connectivity index (χ2v) is 6.23. The van der Waals surface area contributed by atoms with Gasteiger partial charge in [0, 0.05) is 13.1 Å². The van der Waals surface area contributed by atoms with Gasteiger partial charge < -0.3 is 0 Å². The van der Waals surface area contributed by atoms with Crippen molar-refractivity contribution >= 4 is 10.0 Å². The molecule has 1 heterocycles. The summed E-state index contributed by atoms with van der Waals surface area (Å²) in [5.74, 6) is 0.742. The highest BCUT2D eigenvalue weighted by atomic mass is 32.2. The minimum Gasteiger partial charge on any atom is -0.213 e. The highest BCUT2D eigenvalue weighted by Gasteiger charge is 2.21. The Morgan fingerprint density at radius 2 is 2.00 bits per heavy atom. The molecule has 1 fully saturated rings. The number of rotatable bonds is 3. The van der Waals surface area contributed by atoms with Crippen LogP contribution in [0, 0.1) is 5.92 Å². The van der Waals surface area contributed by atoms with Crippen molar-refractivity contribution in [1.82, 2.24) is 4.31 Å². The van der Waals surface area contributed by atoms with Gasteiger partial charge in [0.25, 0.3) is 0 Å². The third-order valence-corrected chi connectivity index (χ3v) is 4.28. The monoisotopic (exact) mass is 219 g/mol. The lowest BCUT2D eigenvalue weighted by Crippen LogP contribution is -2.30. The van der Waals surface area contributed by atoms with Crippen molar-refractivity contribution in [2.45, 2.75) is 39.0 Å². The maximum Gasteiger partial charge on any atom is 0.211 e. The molecular formula is C10H21NO2S. The molecule has 0 radical (unpaired) electrons. The minimum absolute atomic E-state index is 0.721. The summed E-state index contributed by atoms with van der Waals surface area (Å²) >= 11 is 0. The van der Waals surface area contributed by atoms with Gasteiger partial charge >= 0.3 is 0 Å². The summed E-state index contributed by atoms with van der Waals surface area (Å²) in [7, 11) is -2.95.